The van der Waals surface area contributed by atoms with Gasteiger partial charge in [0.05, 0.1) is 13.0 Å². The van der Waals surface area contributed by atoms with Gasteiger partial charge in [0.2, 0.25) is 5.91 Å². The first kappa shape index (κ1) is 13.6. The van der Waals surface area contributed by atoms with Crippen molar-refractivity contribution in [2.24, 2.45) is 5.92 Å². The monoisotopic (exact) mass is 261 g/mol. The third-order valence-electron chi connectivity index (χ3n) is 3.41. The number of amides is 1. The van der Waals surface area contributed by atoms with Crippen LogP contribution in [-0.4, -0.2) is 36.8 Å². The summed E-state index contributed by atoms with van der Waals surface area (Å²) in [4.78, 5) is 24.4. The van der Waals surface area contributed by atoms with E-state index < -0.39 is 0 Å². The average Bonchev–Trinajstić information content (AvgIpc) is 2.48. The van der Waals surface area contributed by atoms with E-state index in [0.29, 0.717) is 26.1 Å². The van der Waals surface area contributed by atoms with E-state index >= 15 is 0 Å². The molecule has 1 amide bonds. The topological polar surface area (TPSA) is 46.6 Å². The number of ether oxygens (including phenoxy) is 1. The van der Waals surface area contributed by atoms with Gasteiger partial charge in [-0.15, -0.1) is 0 Å². The summed E-state index contributed by atoms with van der Waals surface area (Å²) in [7, 11) is 0. The van der Waals surface area contributed by atoms with E-state index in [1.165, 1.54) is 0 Å². The molecule has 1 saturated heterocycles. The second-order valence-electron chi connectivity index (χ2n) is 4.77. The molecule has 0 atom stereocenters. The maximum absolute atomic E-state index is 11.9. The van der Waals surface area contributed by atoms with Crippen molar-refractivity contribution in [1.29, 1.82) is 0 Å². The molecule has 0 spiro atoms. The van der Waals surface area contributed by atoms with Crippen molar-refractivity contribution in [2.75, 3.05) is 19.7 Å². The van der Waals surface area contributed by atoms with E-state index in [0.717, 1.165) is 24.9 Å². The normalized spacial score (nSPS) is 16.1. The Bertz CT molecular complexity index is 411. The number of carbonyl (C=O) groups is 2. The van der Waals surface area contributed by atoms with Crippen LogP contribution >= 0.6 is 0 Å². The molecule has 102 valence electrons. The van der Waals surface area contributed by atoms with Crippen LogP contribution in [0.15, 0.2) is 30.3 Å². The lowest BCUT2D eigenvalue weighted by molar-refractivity contribution is -0.134. The number of carbonyl (C=O) groups excluding carboxylic acids is 2. The third kappa shape index (κ3) is 4.09. The van der Waals surface area contributed by atoms with Crippen LogP contribution in [0.2, 0.25) is 0 Å². The van der Waals surface area contributed by atoms with Crippen molar-refractivity contribution >= 4 is 12.2 Å². The second-order valence-corrected chi connectivity index (χ2v) is 4.77. The van der Waals surface area contributed by atoms with Gasteiger partial charge in [-0.1, -0.05) is 18.2 Å². The largest absolute Gasteiger partial charge is 0.493 e. The molecule has 0 aromatic heterocycles. The molecule has 1 heterocycles. The summed E-state index contributed by atoms with van der Waals surface area (Å²) in [6, 6.07) is 9.48. The van der Waals surface area contributed by atoms with Gasteiger partial charge in [-0.3, -0.25) is 4.79 Å². The fraction of sp³-hybridized carbons (Fsp3) is 0.467. The van der Waals surface area contributed by atoms with Gasteiger partial charge >= 0.3 is 0 Å². The van der Waals surface area contributed by atoms with Gasteiger partial charge in [-0.2, -0.15) is 0 Å². The molecule has 1 fully saturated rings. The van der Waals surface area contributed by atoms with Crippen LogP contribution < -0.4 is 4.74 Å². The van der Waals surface area contributed by atoms with Gasteiger partial charge in [-0.05, 0) is 25.0 Å². The molecule has 0 N–H and O–H groups in total. The predicted molar refractivity (Wildman–Crippen MR) is 71.9 cm³/mol. The van der Waals surface area contributed by atoms with Crippen molar-refractivity contribution in [3.8, 4) is 5.75 Å². The van der Waals surface area contributed by atoms with E-state index in [1.807, 2.05) is 35.2 Å². The number of rotatable bonds is 5. The zero-order valence-electron chi connectivity index (χ0n) is 11.0. The summed E-state index contributed by atoms with van der Waals surface area (Å²) in [5.41, 5.74) is 0. The van der Waals surface area contributed by atoms with E-state index in [4.69, 9.17) is 4.74 Å². The molecule has 0 bridgehead atoms. The molecule has 19 heavy (non-hydrogen) atoms. The van der Waals surface area contributed by atoms with Gasteiger partial charge in [0.25, 0.3) is 0 Å². The summed E-state index contributed by atoms with van der Waals surface area (Å²) in [5.74, 6) is 1.03. The standard InChI is InChI=1S/C15H19NO3/c17-12-13-6-9-16(10-7-13)15(18)8-11-19-14-4-2-1-3-5-14/h1-5,12-13H,6-11H2. The lowest BCUT2D eigenvalue weighted by Crippen LogP contribution is -2.39. The number of nitrogens with zero attached hydrogens (tertiary/aromatic N) is 1. The van der Waals surface area contributed by atoms with Crippen molar-refractivity contribution in [3.63, 3.8) is 0 Å². The van der Waals surface area contributed by atoms with Crippen molar-refractivity contribution in [3.05, 3.63) is 30.3 Å². The van der Waals surface area contributed by atoms with Gasteiger partial charge in [0.15, 0.2) is 0 Å². The van der Waals surface area contributed by atoms with Gasteiger partial charge < -0.3 is 14.4 Å². The van der Waals surface area contributed by atoms with Crippen molar-refractivity contribution in [2.45, 2.75) is 19.3 Å². The van der Waals surface area contributed by atoms with Gasteiger partial charge in [0, 0.05) is 19.0 Å². The molecule has 1 aromatic carbocycles. The molecule has 4 nitrogen and oxygen atoms in total. The Morgan fingerprint density at radius 1 is 1.26 bits per heavy atom. The van der Waals surface area contributed by atoms with Crippen LogP contribution in [0.4, 0.5) is 0 Å². The number of likely N-dealkylation sites (tertiary alicyclic amines) is 1. The van der Waals surface area contributed by atoms with E-state index in [2.05, 4.69) is 0 Å². The molecule has 1 aliphatic rings. The molecule has 2 rings (SSSR count). The van der Waals surface area contributed by atoms with E-state index in [9.17, 15) is 9.59 Å². The van der Waals surface area contributed by atoms with Crippen LogP contribution in [0.1, 0.15) is 19.3 Å². The molecule has 1 aromatic rings. The minimum absolute atomic E-state index is 0.111. The highest BCUT2D eigenvalue weighted by atomic mass is 16.5. The first-order chi connectivity index (χ1) is 9.29. The number of hydrogen-bond donors (Lipinski definition) is 0. The zero-order chi connectivity index (χ0) is 13.5. The van der Waals surface area contributed by atoms with Crippen molar-refractivity contribution < 1.29 is 14.3 Å². The van der Waals surface area contributed by atoms with Crippen LogP contribution in [0.25, 0.3) is 0 Å². The number of hydrogen-bond acceptors (Lipinski definition) is 3. The number of piperidine rings is 1. The summed E-state index contributed by atoms with van der Waals surface area (Å²) in [5, 5.41) is 0. The third-order valence-corrected chi connectivity index (χ3v) is 3.41. The summed E-state index contributed by atoms with van der Waals surface area (Å²) < 4.78 is 5.51. The lowest BCUT2D eigenvalue weighted by atomic mass is 9.98. The Balaban J connectivity index is 1.69. The average molecular weight is 261 g/mol. The van der Waals surface area contributed by atoms with Crippen LogP contribution in [0, 0.1) is 5.92 Å². The van der Waals surface area contributed by atoms with E-state index in [1.54, 1.807) is 0 Å². The lowest BCUT2D eigenvalue weighted by Gasteiger charge is -2.29. The Hall–Kier alpha value is -1.84. The Morgan fingerprint density at radius 2 is 1.95 bits per heavy atom. The highest BCUT2D eigenvalue weighted by Gasteiger charge is 2.21. The van der Waals surface area contributed by atoms with Crippen molar-refractivity contribution in [1.82, 2.24) is 4.90 Å². The minimum atomic E-state index is 0.111. The SMILES string of the molecule is O=CC1CCN(C(=O)CCOc2ccccc2)CC1. The first-order valence-electron chi connectivity index (χ1n) is 6.70. The minimum Gasteiger partial charge on any atom is -0.493 e. The van der Waals surface area contributed by atoms with Crippen LogP contribution in [-0.2, 0) is 9.59 Å². The highest BCUT2D eigenvalue weighted by Crippen LogP contribution is 2.16. The summed E-state index contributed by atoms with van der Waals surface area (Å²) in [6.07, 6.45) is 2.96. The number of benzene rings is 1. The first-order valence-corrected chi connectivity index (χ1v) is 6.70. The molecule has 1 aliphatic heterocycles. The maximum Gasteiger partial charge on any atom is 0.225 e. The summed E-state index contributed by atoms with van der Waals surface area (Å²) >= 11 is 0. The molecular formula is C15H19NO3. The molecule has 0 aliphatic carbocycles. The van der Waals surface area contributed by atoms with Crippen LogP contribution in [0.5, 0.6) is 5.75 Å². The van der Waals surface area contributed by atoms with Crippen LogP contribution in [0.3, 0.4) is 0 Å². The Morgan fingerprint density at radius 3 is 2.58 bits per heavy atom. The van der Waals surface area contributed by atoms with Gasteiger partial charge in [-0.25, -0.2) is 0 Å². The molecule has 0 radical (unpaired) electrons. The molecule has 4 heteroatoms. The fourth-order valence-corrected chi connectivity index (χ4v) is 2.22. The zero-order valence-corrected chi connectivity index (χ0v) is 11.0. The molecular weight excluding hydrogens is 242 g/mol. The van der Waals surface area contributed by atoms with E-state index in [-0.39, 0.29) is 11.8 Å². The fourth-order valence-electron chi connectivity index (χ4n) is 2.22. The van der Waals surface area contributed by atoms with Gasteiger partial charge in [0.1, 0.15) is 12.0 Å². The predicted octanol–water partition coefficient (Wildman–Crippen LogP) is 1.89. The highest BCUT2D eigenvalue weighted by molar-refractivity contribution is 5.76. The second kappa shape index (κ2) is 6.92. The quantitative estimate of drug-likeness (QED) is 0.760. The number of aldehydes is 1. The number of para-hydroxylation sites is 1. The Labute approximate surface area is 113 Å². The smallest absolute Gasteiger partial charge is 0.225 e. The molecule has 0 saturated carbocycles. The summed E-state index contributed by atoms with van der Waals surface area (Å²) in [6.45, 7) is 1.78. The Kier molecular flexibility index (Phi) is 4.95. The molecule has 0 unspecified atom stereocenters. The maximum atomic E-state index is 11.9.